The van der Waals surface area contributed by atoms with Crippen LogP contribution in [0.5, 0.6) is 0 Å². The molecule has 0 spiro atoms. The van der Waals surface area contributed by atoms with Gasteiger partial charge in [-0.05, 0) is 32.3 Å². The monoisotopic (exact) mass is 286 g/mol. The van der Waals surface area contributed by atoms with Crippen LogP contribution in [-0.2, 0) is 5.54 Å². The van der Waals surface area contributed by atoms with Crippen LogP contribution in [0.4, 0.5) is 0 Å². The molecule has 1 aromatic rings. The van der Waals surface area contributed by atoms with Gasteiger partial charge in [0, 0.05) is 25.7 Å². The van der Waals surface area contributed by atoms with Gasteiger partial charge in [-0.25, -0.2) is 0 Å². The lowest BCUT2D eigenvalue weighted by Crippen LogP contribution is -2.62. The van der Waals surface area contributed by atoms with E-state index in [9.17, 15) is 0 Å². The van der Waals surface area contributed by atoms with E-state index < -0.39 is 0 Å². The Morgan fingerprint density at radius 3 is 2.57 bits per heavy atom. The molecular formula is C19H30N2. The zero-order valence-corrected chi connectivity index (χ0v) is 14.2. The summed E-state index contributed by atoms with van der Waals surface area (Å²) in [5.74, 6) is 0.670. The standard InChI is InChI=1S/C19H30N2/c1-15(2)11-12-21-14-19(5,17-9-7-6-8-10-17)20-13-18(21)16(3)4/h6-11,16,18,20H,12-14H2,1-5H3. The van der Waals surface area contributed by atoms with Crippen LogP contribution in [0.3, 0.4) is 0 Å². The molecule has 2 nitrogen and oxygen atoms in total. The second kappa shape index (κ2) is 6.76. The molecule has 1 heterocycles. The van der Waals surface area contributed by atoms with E-state index in [-0.39, 0.29) is 5.54 Å². The van der Waals surface area contributed by atoms with Crippen LogP contribution >= 0.6 is 0 Å². The quantitative estimate of drug-likeness (QED) is 0.847. The average molecular weight is 286 g/mol. The lowest BCUT2D eigenvalue weighted by molar-refractivity contribution is 0.0713. The summed E-state index contributed by atoms with van der Waals surface area (Å²) in [7, 11) is 0. The minimum Gasteiger partial charge on any atom is -0.305 e. The first-order valence-electron chi connectivity index (χ1n) is 8.10. The maximum atomic E-state index is 3.80. The highest BCUT2D eigenvalue weighted by atomic mass is 15.3. The second-order valence-electron chi connectivity index (χ2n) is 7.10. The summed E-state index contributed by atoms with van der Waals surface area (Å²) < 4.78 is 0. The molecule has 0 bridgehead atoms. The average Bonchev–Trinajstić information content (AvgIpc) is 2.46. The van der Waals surface area contributed by atoms with Crippen molar-refractivity contribution in [3.05, 3.63) is 47.5 Å². The first kappa shape index (κ1) is 16.3. The maximum absolute atomic E-state index is 3.80. The Balaban J connectivity index is 2.20. The Morgan fingerprint density at radius 2 is 2.00 bits per heavy atom. The number of rotatable bonds is 4. The van der Waals surface area contributed by atoms with Crippen molar-refractivity contribution in [2.24, 2.45) is 5.92 Å². The van der Waals surface area contributed by atoms with Crippen molar-refractivity contribution in [3.63, 3.8) is 0 Å². The van der Waals surface area contributed by atoms with Gasteiger partial charge in [-0.2, -0.15) is 0 Å². The van der Waals surface area contributed by atoms with E-state index in [4.69, 9.17) is 0 Å². The lowest BCUT2D eigenvalue weighted by atomic mass is 9.86. The zero-order valence-electron chi connectivity index (χ0n) is 14.2. The number of nitrogens with one attached hydrogen (secondary N) is 1. The van der Waals surface area contributed by atoms with E-state index in [2.05, 4.69) is 81.2 Å². The Hall–Kier alpha value is -1.12. The van der Waals surface area contributed by atoms with Gasteiger partial charge in [0.25, 0.3) is 0 Å². The summed E-state index contributed by atoms with van der Waals surface area (Å²) in [5, 5.41) is 3.80. The Kier molecular flexibility index (Phi) is 5.23. The maximum Gasteiger partial charge on any atom is 0.0535 e. The second-order valence-corrected chi connectivity index (χ2v) is 7.10. The van der Waals surface area contributed by atoms with Gasteiger partial charge in [0.1, 0.15) is 0 Å². The van der Waals surface area contributed by atoms with Gasteiger partial charge in [0.2, 0.25) is 0 Å². The lowest BCUT2D eigenvalue weighted by Gasteiger charge is -2.47. The van der Waals surface area contributed by atoms with Crippen molar-refractivity contribution < 1.29 is 0 Å². The molecule has 0 radical (unpaired) electrons. The molecule has 0 saturated carbocycles. The van der Waals surface area contributed by atoms with Gasteiger partial charge in [0.05, 0.1) is 5.54 Å². The highest BCUT2D eigenvalue weighted by molar-refractivity contribution is 5.25. The summed E-state index contributed by atoms with van der Waals surface area (Å²) in [6.45, 7) is 14.5. The Bertz CT molecular complexity index is 474. The van der Waals surface area contributed by atoms with Crippen molar-refractivity contribution in [3.8, 4) is 0 Å². The molecule has 0 aromatic heterocycles. The minimum absolute atomic E-state index is 0.0438. The fraction of sp³-hybridized carbons (Fsp3) is 0.579. The van der Waals surface area contributed by atoms with Gasteiger partial charge in [0.15, 0.2) is 0 Å². The summed E-state index contributed by atoms with van der Waals surface area (Å²) >= 11 is 0. The number of nitrogens with zero attached hydrogens (tertiary/aromatic N) is 1. The molecule has 1 aliphatic heterocycles. The summed E-state index contributed by atoms with van der Waals surface area (Å²) in [6, 6.07) is 11.4. The van der Waals surface area contributed by atoms with E-state index in [0.29, 0.717) is 12.0 Å². The SMILES string of the molecule is CC(C)=CCN1CC(C)(c2ccccc2)NCC1C(C)C. The number of benzene rings is 1. The van der Waals surface area contributed by atoms with Crippen molar-refractivity contribution >= 4 is 0 Å². The predicted octanol–water partition coefficient (Wildman–Crippen LogP) is 3.80. The Morgan fingerprint density at radius 1 is 1.33 bits per heavy atom. The smallest absolute Gasteiger partial charge is 0.0535 e. The molecule has 116 valence electrons. The van der Waals surface area contributed by atoms with E-state index in [1.54, 1.807) is 0 Å². The van der Waals surface area contributed by atoms with Crippen LogP contribution in [0.25, 0.3) is 0 Å². The van der Waals surface area contributed by atoms with Crippen molar-refractivity contribution in [2.75, 3.05) is 19.6 Å². The summed E-state index contributed by atoms with van der Waals surface area (Å²) in [6.07, 6.45) is 2.35. The molecule has 0 aliphatic carbocycles. The molecule has 0 amide bonds. The first-order chi connectivity index (χ1) is 9.92. The number of allylic oxidation sites excluding steroid dienone is 1. The highest BCUT2D eigenvalue weighted by Gasteiger charge is 2.37. The van der Waals surface area contributed by atoms with Crippen LogP contribution < -0.4 is 5.32 Å². The van der Waals surface area contributed by atoms with E-state index in [1.807, 2.05) is 0 Å². The van der Waals surface area contributed by atoms with Gasteiger partial charge < -0.3 is 5.32 Å². The van der Waals surface area contributed by atoms with Gasteiger partial charge in [-0.1, -0.05) is 55.8 Å². The molecule has 1 aromatic carbocycles. The molecule has 1 saturated heterocycles. The predicted molar refractivity (Wildman–Crippen MR) is 91.4 cm³/mol. The minimum atomic E-state index is 0.0438. The van der Waals surface area contributed by atoms with Crippen molar-refractivity contribution in [1.82, 2.24) is 10.2 Å². The van der Waals surface area contributed by atoms with Crippen LogP contribution in [0.1, 0.15) is 40.2 Å². The highest BCUT2D eigenvalue weighted by Crippen LogP contribution is 2.28. The van der Waals surface area contributed by atoms with E-state index >= 15 is 0 Å². The third-order valence-electron chi connectivity index (χ3n) is 4.60. The molecule has 1 fully saturated rings. The fourth-order valence-corrected chi connectivity index (χ4v) is 3.19. The van der Waals surface area contributed by atoms with Gasteiger partial charge in [-0.3, -0.25) is 4.90 Å². The third-order valence-corrected chi connectivity index (χ3v) is 4.60. The molecule has 1 aliphatic rings. The van der Waals surface area contributed by atoms with Crippen LogP contribution in [0.2, 0.25) is 0 Å². The van der Waals surface area contributed by atoms with E-state index in [1.165, 1.54) is 11.1 Å². The third kappa shape index (κ3) is 3.96. The molecule has 2 rings (SSSR count). The van der Waals surface area contributed by atoms with Crippen LogP contribution in [0, 0.1) is 5.92 Å². The molecule has 2 atom stereocenters. The topological polar surface area (TPSA) is 15.3 Å². The molecule has 2 heteroatoms. The van der Waals surface area contributed by atoms with Gasteiger partial charge in [-0.15, -0.1) is 0 Å². The summed E-state index contributed by atoms with van der Waals surface area (Å²) in [4.78, 5) is 2.64. The van der Waals surface area contributed by atoms with Crippen LogP contribution in [-0.4, -0.2) is 30.6 Å². The number of piperazine rings is 1. The zero-order chi connectivity index (χ0) is 15.5. The fourth-order valence-electron chi connectivity index (χ4n) is 3.19. The van der Waals surface area contributed by atoms with Crippen molar-refractivity contribution in [2.45, 2.75) is 46.2 Å². The summed E-state index contributed by atoms with van der Waals surface area (Å²) in [5.41, 5.74) is 2.83. The van der Waals surface area contributed by atoms with Gasteiger partial charge >= 0.3 is 0 Å². The molecular weight excluding hydrogens is 256 g/mol. The van der Waals surface area contributed by atoms with E-state index in [0.717, 1.165) is 19.6 Å². The molecule has 1 N–H and O–H groups in total. The number of hydrogen-bond donors (Lipinski definition) is 1. The first-order valence-corrected chi connectivity index (χ1v) is 8.10. The molecule has 2 unspecified atom stereocenters. The van der Waals surface area contributed by atoms with Crippen molar-refractivity contribution in [1.29, 1.82) is 0 Å². The number of hydrogen-bond acceptors (Lipinski definition) is 2. The largest absolute Gasteiger partial charge is 0.305 e. The Labute approximate surface area is 130 Å². The normalized spacial score (nSPS) is 26.9. The van der Waals surface area contributed by atoms with Crippen LogP contribution in [0.15, 0.2) is 42.0 Å². The molecule has 21 heavy (non-hydrogen) atoms.